The molecular weight excluding hydrogens is 328 g/mol. The summed E-state index contributed by atoms with van der Waals surface area (Å²) in [5.41, 5.74) is 2.51. The van der Waals surface area contributed by atoms with Crippen LogP contribution in [-0.4, -0.2) is 41.0 Å². The number of hydrogen-bond donors (Lipinski definition) is 0. The van der Waals surface area contributed by atoms with Crippen molar-refractivity contribution in [2.75, 3.05) is 31.1 Å². The lowest BCUT2D eigenvalue weighted by Gasteiger charge is -2.35. The molecule has 0 saturated carbocycles. The number of halogens is 1. The molecule has 0 amide bonds. The Hall–Kier alpha value is -1.46. The van der Waals surface area contributed by atoms with Gasteiger partial charge in [0, 0.05) is 49.0 Å². The number of benzene rings is 1. The number of hydrogen-bond acceptors (Lipinski definition) is 4. The van der Waals surface area contributed by atoms with Gasteiger partial charge < -0.3 is 4.90 Å². The van der Waals surface area contributed by atoms with Crippen molar-refractivity contribution < 1.29 is 0 Å². The standard InChI is InChI=1S/C16H19BrN4/c1-13-10-18-12-19-16(13)21-7-5-20(6-8-21)11-14-3-2-4-15(17)9-14/h2-4,9-10,12H,5-8,11H2,1H3. The molecule has 3 rings (SSSR count). The third kappa shape index (κ3) is 3.60. The molecule has 4 nitrogen and oxygen atoms in total. The summed E-state index contributed by atoms with van der Waals surface area (Å²) in [5, 5.41) is 0. The summed E-state index contributed by atoms with van der Waals surface area (Å²) < 4.78 is 1.15. The zero-order valence-corrected chi connectivity index (χ0v) is 13.8. The molecule has 0 spiro atoms. The van der Waals surface area contributed by atoms with Gasteiger partial charge in [0.2, 0.25) is 0 Å². The van der Waals surface area contributed by atoms with Gasteiger partial charge in [-0.2, -0.15) is 0 Å². The highest BCUT2D eigenvalue weighted by atomic mass is 79.9. The predicted octanol–water partition coefficient (Wildman–Crippen LogP) is 2.87. The summed E-state index contributed by atoms with van der Waals surface area (Å²) in [7, 11) is 0. The Labute approximate surface area is 133 Å². The summed E-state index contributed by atoms with van der Waals surface area (Å²) in [6.45, 7) is 7.25. The van der Waals surface area contributed by atoms with E-state index in [0.717, 1.165) is 48.6 Å². The summed E-state index contributed by atoms with van der Waals surface area (Å²) >= 11 is 3.53. The number of aryl methyl sites for hydroxylation is 1. The molecule has 0 radical (unpaired) electrons. The van der Waals surface area contributed by atoms with Crippen molar-refractivity contribution in [1.82, 2.24) is 14.9 Å². The zero-order valence-electron chi connectivity index (χ0n) is 12.2. The molecule has 5 heteroatoms. The second-order valence-corrected chi connectivity index (χ2v) is 6.34. The van der Waals surface area contributed by atoms with Crippen LogP contribution in [0.25, 0.3) is 0 Å². The first kappa shape index (κ1) is 14.5. The molecule has 0 unspecified atom stereocenters. The van der Waals surface area contributed by atoms with E-state index in [0.29, 0.717) is 0 Å². The fourth-order valence-electron chi connectivity index (χ4n) is 2.74. The van der Waals surface area contributed by atoms with Crippen LogP contribution >= 0.6 is 15.9 Å². The lowest BCUT2D eigenvalue weighted by atomic mass is 10.2. The van der Waals surface area contributed by atoms with Crippen molar-refractivity contribution in [2.45, 2.75) is 13.5 Å². The van der Waals surface area contributed by atoms with Crippen molar-refractivity contribution in [3.05, 3.63) is 52.4 Å². The monoisotopic (exact) mass is 346 g/mol. The van der Waals surface area contributed by atoms with Crippen LogP contribution in [0, 0.1) is 6.92 Å². The highest BCUT2D eigenvalue weighted by Crippen LogP contribution is 2.18. The molecule has 1 aliphatic heterocycles. The first-order chi connectivity index (χ1) is 10.2. The third-order valence-corrected chi connectivity index (χ3v) is 4.33. The Morgan fingerprint density at radius 3 is 2.71 bits per heavy atom. The highest BCUT2D eigenvalue weighted by Gasteiger charge is 2.19. The van der Waals surface area contributed by atoms with Gasteiger partial charge in [0.15, 0.2) is 0 Å². The maximum absolute atomic E-state index is 4.41. The van der Waals surface area contributed by atoms with E-state index in [1.165, 1.54) is 5.56 Å². The number of aromatic nitrogens is 2. The molecule has 110 valence electrons. The lowest BCUT2D eigenvalue weighted by Crippen LogP contribution is -2.46. The molecular formula is C16H19BrN4. The fraction of sp³-hybridized carbons (Fsp3) is 0.375. The molecule has 0 aliphatic carbocycles. The maximum atomic E-state index is 4.41. The summed E-state index contributed by atoms with van der Waals surface area (Å²) in [5.74, 6) is 1.08. The van der Waals surface area contributed by atoms with E-state index >= 15 is 0 Å². The summed E-state index contributed by atoms with van der Waals surface area (Å²) in [6.07, 6.45) is 3.52. The van der Waals surface area contributed by atoms with E-state index in [4.69, 9.17) is 0 Å². The first-order valence-electron chi connectivity index (χ1n) is 7.21. The van der Waals surface area contributed by atoms with Gasteiger partial charge in [0.1, 0.15) is 12.1 Å². The van der Waals surface area contributed by atoms with Gasteiger partial charge in [-0.3, -0.25) is 4.90 Å². The van der Waals surface area contributed by atoms with Gasteiger partial charge >= 0.3 is 0 Å². The molecule has 0 atom stereocenters. The maximum Gasteiger partial charge on any atom is 0.134 e. The molecule has 1 aromatic carbocycles. The van der Waals surface area contributed by atoms with Crippen LogP contribution in [0.3, 0.4) is 0 Å². The van der Waals surface area contributed by atoms with Gasteiger partial charge in [0.25, 0.3) is 0 Å². The third-order valence-electron chi connectivity index (χ3n) is 3.83. The minimum absolute atomic E-state index is 1.01. The van der Waals surface area contributed by atoms with Crippen LogP contribution < -0.4 is 4.90 Å². The largest absolute Gasteiger partial charge is 0.354 e. The fourth-order valence-corrected chi connectivity index (χ4v) is 3.18. The number of piperazine rings is 1. The van der Waals surface area contributed by atoms with E-state index in [9.17, 15) is 0 Å². The second-order valence-electron chi connectivity index (χ2n) is 5.42. The van der Waals surface area contributed by atoms with Crippen LogP contribution in [-0.2, 0) is 6.54 Å². The Bertz CT molecular complexity index is 609. The minimum atomic E-state index is 1.01. The van der Waals surface area contributed by atoms with Gasteiger partial charge in [-0.15, -0.1) is 0 Å². The quantitative estimate of drug-likeness (QED) is 0.855. The smallest absolute Gasteiger partial charge is 0.134 e. The normalized spacial score (nSPS) is 16.2. The van der Waals surface area contributed by atoms with E-state index in [-0.39, 0.29) is 0 Å². The van der Waals surface area contributed by atoms with Crippen molar-refractivity contribution in [1.29, 1.82) is 0 Å². The van der Waals surface area contributed by atoms with Crippen molar-refractivity contribution in [3.8, 4) is 0 Å². The molecule has 0 N–H and O–H groups in total. The average Bonchev–Trinajstić information content (AvgIpc) is 2.49. The highest BCUT2D eigenvalue weighted by molar-refractivity contribution is 9.10. The van der Waals surface area contributed by atoms with Crippen molar-refractivity contribution in [3.63, 3.8) is 0 Å². The molecule has 0 bridgehead atoms. The molecule has 21 heavy (non-hydrogen) atoms. The SMILES string of the molecule is Cc1cncnc1N1CCN(Cc2cccc(Br)c2)CC1. The lowest BCUT2D eigenvalue weighted by molar-refractivity contribution is 0.249. The summed E-state index contributed by atoms with van der Waals surface area (Å²) in [4.78, 5) is 13.3. The number of nitrogens with zero attached hydrogens (tertiary/aromatic N) is 4. The van der Waals surface area contributed by atoms with Gasteiger partial charge in [0.05, 0.1) is 0 Å². The molecule has 1 aliphatic rings. The van der Waals surface area contributed by atoms with Crippen LogP contribution in [0.1, 0.15) is 11.1 Å². The number of anilines is 1. The van der Waals surface area contributed by atoms with Gasteiger partial charge in [-0.25, -0.2) is 9.97 Å². The van der Waals surface area contributed by atoms with Crippen molar-refractivity contribution in [2.24, 2.45) is 0 Å². The van der Waals surface area contributed by atoms with Gasteiger partial charge in [-0.05, 0) is 24.6 Å². The van der Waals surface area contributed by atoms with Crippen molar-refractivity contribution >= 4 is 21.7 Å². The molecule has 2 heterocycles. The van der Waals surface area contributed by atoms with Crippen LogP contribution in [0.15, 0.2) is 41.3 Å². The van der Waals surface area contributed by atoms with Crippen LogP contribution in [0.2, 0.25) is 0 Å². The van der Waals surface area contributed by atoms with E-state index in [2.05, 4.69) is 66.9 Å². The van der Waals surface area contributed by atoms with Crippen LogP contribution in [0.4, 0.5) is 5.82 Å². The Kier molecular flexibility index (Phi) is 4.51. The second kappa shape index (κ2) is 6.54. The van der Waals surface area contributed by atoms with Gasteiger partial charge in [-0.1, -0.05) is 28.1 Å². The first-order valence-corrected chi connectivity index (χ1v) is 8.00. The Balaban J connectivity index is 1.59. The average molecular weight is 347 g/mol. The Morgan fingerprint density at radius 1 is 1.19 bits per heavy atom. The van der Waals surface area contributed by atoms with E-state index in [1.807, 2.05) is 6.20 Å². The minimum Gasteiger partial charge on any atom is -0.354 e. The molecule has 1 saturated heterocycles. The van der Waals surface area contributed by atoms with Crippen LogP contribution in [0.5, 0.6) is 0 Å². The van der Waals surface area contributed by atoms with E-state index in [1.54, 1.807) is 6.33 Å². The Morgan fingerprint density at radius 2 is 2.00 bits per heavy atom. The molecule has 2 aromatic rings. The molecule has 1 fully saturated rings. The topological polar surface area (TPSA) is 32.3 Å². The number of rotatable bonds is 3. The zero-order chi connectivity index (χ0) is 14.7. The predicted molar refractivity (Wildman–Crippen MR) is 88.4 cm³/mol. The summed E-state index contributed by atoms with van der Waals surface area (Å²) in [6, 6.07) is 8.55. The molecule has 1 aromatic heterocycles. The van der Waals surface area contributed by atoms with E-state index < -0.39 is 0 Å².